The van der Waals surface area contributed by atoms with Crippen LogP contribution >= 0.6 is 0 Å². The molecule has 2 heterocycles. The van der Waals surface area contributed by atoms with E-state index in [1.165, 1.54) is 0 Å². The quantitative estimate of drug-likeness (QED) is 0.588. The van der Waals surface area contributed by atoms with Crippen molar-refractivity contribution in [2.24, 2.45) is 0 Å². The van der Waals surface area contributed by atoms with E-state index in [0.29, 0.717) is 0 Å². The highest BCUT2D eigenvalue weighted by molar-refractivity contribution is 5.14. The first-order valence-corrected chi connectivity index (χ1v) is 5.76. The fourth-order valence-electron chi connectivity index (χ4n) is 2.66. The molecule has 4 heteroatoms. The molecule has 4 nitrogen and oxygen atoms in total. The average molecular weight is 226 g/mol. The first-order chi connectivity index (χ1) is 7.36. The van der Waals surface area contributed by atoms with Crippen molar-refractivity contribution in [2.75, 3.05) is 0 Å². The summed E-state index contributed by atoms with van der Waals surface area (Å²) in [7, 11) is 0. The Kier molecular flexibility index (Phi) is 2.06. The summed E-state index contributed by atoms with van der Waals surface area (Å²) in [6.45, 7) is 7.70. The molecule has 0 aromatic rings. The van der Waals surface area contributed by atoms with E-state index in [1.807, 2.05) is 39.8 Å². The van der Waals surface area contributed by atoms with Crippen LogP contribution in [0.2, 0.25) is 0 Å². The van der Waals surface area contributed by atoms with E-state index < -0.39 is 11.6 Å². The second-order valence-electron chi connectivity index (χ2n) is 5.51. The third-order valence-electron chi connectivity index (χ3n) is 3.14. The lowest BCUT2D eigenvalue weighted by Gasteiger charge is -2.26. The van der Waals surface area contributed by atoms with Crippen molar-refractivity contribution < 1.29 is 18.9 Å². The minimum Gasteiger partial charge on any atom is -0.341 e. The molecule has 2 aliphatic heterocycles. The highest BCUT2D eigenvalue weighted by Crippen LogP contribution is 2.41. The molecule has 2 saturated heterocycles. The third kappa shape index (κ3) is 1.61. The summed E-state index contributed by atoms with van der Waals surface area (Å²) in [5.74, 6) is -1.07. The predicted octanol–water partition coefficient (Wildman–Crippen LogP) is 1.60. The molecule has 1 aliphatic carbocycles. The first kappa shape index (κ1) is 10.7. The van der Waals surface area contributed by atoms with E-state index >= 15 is 0 Å². The molecule has 3 rings (SSSR count). The summed E-state index contributed by atoms with van der Waals surface area (Å²) in [5, 5.41) is 0. The Morgan fingerprint density at radius 3 is 1.44 bits per heavy atom. The number of hydrogen-bond donors (Lipinski definition) is 0. The molecule has 4 atom stereocenters. The summed E-state index contributed by atoms with van der Waals surface area (Å²) in [5.41, 5.74) is 0. The monoisotopic (exact) mass is 226 g/mol. The van der Waals surface area contributed by atoms with Gasteiger partial charge in [-0.25, -0.2) is 0 Å². The lowest BCUT2D eigenvalue weighted by Crippen LogP contribution is -2.43. The van der Waals surface area contributed by atoms with E-state index in [-0.39, 0.29) is 24.4 Å². The van der Waals surface area contributed by atoms with Crippen LogP contribution in [-0.2, 0) is 18.9 Å². The minimum atomic E-state index is -0.537. The number of fused-ring (bicyclic) bond motifs is 3. The highest BCUT2D eigenvalue weighted by atomic mass is 16.8. The van der Waals surface area contributed by atoms with Gasteiger partial charge in [-0.3, -0.25) is 0 Å². The summed E-state index contributed by atoms with van der Waals surface area (Å²) in [6, 6.07) is 0. The molecule has 0 saturated carbocycles. The van der Waals surface area contributed by atoms with Gasteiger partial charge in [0.15, 0.2) is 11.6 Å². The molecular formula is C12H18O4. The molecule has 0 unspecified atom stereocenters. The summed E-state index contributed by atoms with van der Waals surface area (Å²) in [6.07, 6.45) is 3.87. The normalized spacial score (nSPS) is 47.8. The number of hydrogen-bond acceptors (Lipinski definition) is 4. The van der Waals surface area contributed by atoms with Crippen LogP contribution < -0.4 is 0 Å². The van der Waals surface area contributed by atoms with Crippen LogP contribution in [0.1, 0.15) is 27.7 Å². The molecule has 0 radical (unpaired) electrons. The van der Waals surface area contributed by atoms with Gasteiger partial charge in [-0.2, -0.15) is 0 Å². The van der Waals surface area contributed by atoms with Crippen molar-refractivity contribution in [2.45, 2.75) is 63.7 Å². The Labute approximate surface area is 95.5 Å². The fourth-order valence-corrected chi connectivity index (χ4v) is 2.66. The van der Waals surface area contributed by atoms with Gasteiger partial charge >= 0.3 is 0 Å². The molecule has 0 bridgehead atoms. The largest absolute Gasteiger partial charge is 0.341 e. The van der Waals surface area contributed by atoms with Crippen molar-refractivity contribution in [1.29, 1.82) is 0 Å². The molecule has 0 spiro atoms. The lowest BCUT2D eigenvalue weighted by molar-refractivity contribution is -0.174. The van der Waals surface area contributed by atoms with Gasteiger partial charge in [-0.1, -0.05) is 12.2 Å². The number of rotatable bonds is 0. The Bertz CT molecular complexity index is 302. The van der Waals surface area contributed by atoms with Crippen LogP contribution in [0.4, 0.5) is 0 Å². The molecule has 3 aliphatic rings. The zero-order valence-electron chi connectivity index (χ0n) is 10.1. The molecule has 0 aromatic heterocycles. The van der Waals surface area contributed by atoms with Crippen LogP contribution in [0.25, 0.3) is 0 Å². The number of ether oxygens (including phenoxy) is 4. The third-order valence-corrected chi connectivity index (χ3v) is 3.14. The maximum absolute atomic E-state index is 5.88. The van der Waals surface area contributed by atoms with Crippen LogP contribution in [0, 0.1) is 0 Å². The Morgan fingerprint density at radius 1 is 0.688 bits per heavy atom. The van der Waals surface area contributed by atoms with Crippen LogP contribution in [0.5, 0.6) is 0 Å². The van der Waals surface area contributed by atoms with Crippen molar-refractivity contribution in [3.8, 4) is 0 Å². The summed E-state index contributed by atoms with van der Waals surface area (Å²) >= 11 is 0. The van der Waals surface area contributed by atoms with Gasteiger partial charge < -0.3 is 18.9 Å². The van der Waals surface area contributed by atoms with Gasteiger partial charge in [-0.15, -0.1) is 0 Å². The zero-order valence-corrected chi connectivity index (χ0v) is 10.1. The SMILES string of the molecule is CC1(C)O[C@@H]2[C@H]3OC(C)(C)O[C@@H]3C=C[C@@H]2O1. The summed E-state index contributed by atoms with van der Waals surface area (Å²) in [4.78, 5) is 0. The van der Waals surface area contributed by atoms with Crippen LogP contribution in [-0.4, -0.2) is 36.0 Å². The van der Waals surface area contributed by atoms with Gasteiger partial charge in [0.25, 0.3) is 0 Å². The smallest absolute Gasteiger partial charge is 0.164 e. The maximum Gasteiger partial charge on any atom is 0.164 e. The topological polar surface area (TPSA) is 36.9 Å². The predicted molar refractivity (Wildman–Crippen MR) is 56.8 cm³/mol. The Balaban J connectivity index is 1.86. The van der Waals surface area contributed by atoms with Crippen molar-refractivity contribution in [1.82, 2.24) is 0 Å². The fraction of sp³-hybridized carbons (Fsp3) is 0.833. The van der Waals surface area contributed by atoms with Gasteiger partial charge in [0.2, 0.25) is 0 Å². The molecule has 2 fully saturated rings. The molecule has 90 valence electrons. The molecule has 16 heavy (non-hydrogen) atoms. The highest BCUT2D eigenvalue weighted by Gasteiger charge is 2.54. The first-order valence-electron chi connectivity index (χ1n) is 5.76. The minimum absolute atomic E-state index is 0.0197. The second kappa shape index (κ2) is 3.07. The van der Waals surface area contributed by atoms with Gasteiger partial charge in [-0.05, 0) is 27.7 Å². The van der Waals surface area contributed by atoms with E-state index in [4.69, 9.17) is 18.9 Å². The van der Waals surface area contributed by atoms with Crippen molar-refractivity contribution >= 4 is 0 Å². The zero-order chi connectivity index (χ0) is 11.6. The van der Waals surface area contributed by atoms with Gasteiger partial charge in [0, 0.05) is 0 Å². The lowest BCUT2D eigenvalue weighted by atomic mass is 9.97. The second-order valence-corrected chi connectivity index (χ2v) is 5.51. The van der Waals surface area contributed by atoms with E-state index in [2.05, 4.69) is 0 Å². The van der Waals surface area contributed by atoms with E-state index in [1.54, 1.807) is 0 Å². The van der Waals surface area contributed by atoms with Crippen molar-refractivity contribution in [3.63, 3.8) is 0 Å². The molecule has 0 N–H and O–H groups in total. The molecule has 0 amide bonds. The average Bonchev–Trinajstić information content (AvgIpc) is 2.58. The van der Waals surface area contributed by atoms with Crippen LogP contribution in [0.15, 0.2) is 12.2 Å². The standard InChI is InChI=1S/C12H18O4/c1-11(2)13-7-5-6-8-10(9(7)15-11)16-12(3,4)14-8/h5-10H,1-4H3/t7-,8+,9-,10-/m0/s1. The Hall–Kier alpha value is -0.420. The molecule has 0 aromatic carbocycles. The van der Waals surface area contributed by atoms with Gasteiger partial charge in [0.1, 0.15) is 24.4 Å². The van der Waals surface area contributed by atoms with E-state index in [0.717, 1.165) is 0 Å². The molecular weight excluding hydrogens is 208 g/mol. The summed E-state index contributed by atoms with van der Waals surface area (Å²) < 4.78 is 23.3. The Morgan fingerprint density at radius 2 is 1.06 bits per heavy atom. The van der Waals surface area contributed by atoms with Crippen molar-refractivity contribution in [3.05, 3.63) is 12.2 Å². The van der Waals surface area contributed by atoms with Crippen LogP contribution in [0.3, 0.4) is 0 Å². The van der Waals surface area contributed by atoms with Gasteiger partial charge in [0.05, 0.1) is 0 Å². The van der Waals surface area contributed by atoms with E-state index in [9.17, 15) is 0 Å². The maximum atomic E-state index is 5.88.